The van der Waals surface area contributed by atoms with Crippen molar-refractivity contribution in [1.82, 2.24) is 14.7 Å². The van der Waals surface area contributed by atoms with Crippen LogP contribution < -0.4 is 28.4 Å². The summed E-state index contributed by atoms with van der Waals surface area (Å²) < 4.78 is 38.2. The van der Waals surface area contributed by atoms with E-state index in [0.29, 0.717) is 58.7 Å². The topological polar surface area (TPSA) is 126 Å². The Hall–Kier alpha value is -4.55. The molecule has 0 spiro atoms. The lowest BCUT2D eigenvalue weighted by atomic mass is 10.1. The lowest BCUT2D eigenvalue weighted by Gasteiger charge is -2.41. The monoisotopic (exact) mass is 601 g/mol. The fourth-order valence-corrected chi connectivity index (χ4v) is 5.37. The van der Waals surface area contributed by atoms with Gasteiger partial charge >= 0.3 is 6.09 Å². The Morgan fingerprint density at radius 2 is 1.09 bits per heavy atom. The second-order valence-corrected chi connectivity index (χ2v) is 10.0. The smallest absolute Gasteiger partial charge is 0.409 e. The number of piperazine rings is 1. The fourth-order valence-electron chi connectivity index (χ4n) is 5.37. The normalized spacial score (nSPS) is 16.4. The summed E-state index contributed by atoms with van der Waals surface area (Å²) in [7, 11) is 8.87. The molecular weight excluding hydrogens is 562 g/mol. The Labute approximate surface area is 251 Å². The Balaban J connectivity index is 1.62. The van der Waals surface area contributed by atoms with Crippen molar-refractivity contribution in [1.29, 1.82) is 0 Å². The molecule has 2 saturated heterocycles. The zero-order valence-corrected chi connectivity index (χ0v) is 25.5. The zero-order chi connectivity index (χ0) is 31.1. The lowest BCUT2D eigenvalue weighted by molar-refractivity contribution is 0.0189. The summed E-state index contributed by atoms with van der Waals surface area (Å²) in [6.07, 6.45) is 1.40. The maximum atomic E-state index is 13.9. The van der Waals surface area contributed by atoms with Gasteiger partial charge in [0.05, 0.1) is 48.7 Å². The van der Waals surface area contributed by atoms with E-state index in [-0.39, 0.29) is 38.1 Å². The summed E-state index contributed by atoms with van der Waals surface area (Å²) in [6, 6.07) is 5.69. The molecule has 13 heteroatoms. The molecule has 0 bridgehead atoms. The van der Waals surface area contributed by atoms with E-state index in [9.17, 15) is 14.4 Å². The molecule has 4 rings (SSSR count). The molecule has 0 N–H and O–H groups in total. The van der Waals surface area contributed by atoms with E-state index >= 15 is 0 Å². The molecule has 3 amide bonds. The summed E-state index contributed by atoms with van der Waals surface area (Å²) in [6.45, 7) is 1.72. The average Bonchev–Trinajstić information content (AvgIpc) is 3.60. The van der Waals surface area contributed by atoms with Crippen LogP contribution in [0.1, 0.15) is 33.6 Å². The van der Waals surface area contributed by atoms with Gasteiger partial charge in [0.15, 0.2) is 23.0 Å². The van der Waals surface area contributed by atoms with E-state index < -0.39 is 12.1 Å². The number of carbonyl (C=O) groups excluding carboxylic acids is 3. The van der Waals surface area contributed by atoms with Crippen LogP contribution >= 0.6 is 0 Å². The summed E-state index contributed by atoms with van der Waals surface area (Å²) >= 11 is 0. The van der Waals surface area contributed by atoms with Crippen LogP contribution in [0.4, 0.5) is 4.79 Å². The first kappa shape index (κ1) is 31.4. The molecule has 0 aliphatic carbocycles. The van der Waals surface area contributed by atoms with Crippen LogP contribution in [0.5, 0.6) is 34.5 Å². The molecule has 2 aromatic carbocycles. The highest BCUT2D eigenvalue weighted by Gasteiger charge is 2.36. The molecule has 0 aromatic heterocycles. The molecule has 0 unspecified atom stereocenters. The van der Waals surface area contributed by atoms with Crippen molar-refractivity contribution in [3.05, 3.63) is 35.4 Å². The number of hydrogen-bond acceptors (Lipinski definition) is 10. The van der Waals surface area contributed by atoms with Crippen LogP contribution in [-0.2, 0) is 4.74 Å². The van der Waals surface area contributed by atoms with E-state index in [1.807, 2.05) is 0 Å². The van der Waals surface area contributed by atoms with Gasteiger partial charge in [0, 0.05) is 43.9 Å². The highest BCUT2D eigenvalue weighted by atomic mass is 16.6. The standard InChI is InChI=1S/C30H39N3O10/c1-37-22-13-19(14-23(38-2)26(22)41-5)28(34)32-11-12-33(21(17-32)18-43-30(36)31-9-7-8-10-31)29(35)20-15-24(39-3)27(42-6)25(16-20)40-4/h13-16,21H,7-12,17-18H2,1-6H3/t21-/m1/s1. The largest absolute Gasteiger partial charge is 0.493 e. The number of rotatable bonds is 10. The number of ether oxygens (including phenoxy) is 7. The average molecular weight is 602 g/mol. The quantitative estimate of drug-likeness (QED) is 0.401. The third-order valence-corrected chi connectivity index (χ3v) is 7.62. The fraction of sp³-hybridized carbons (Fsp3) is 0.500. The maximum Gasteiger partial charge on any atom is 0.409 e. The number of benzene rings is 2. The highest BCUT2D eigenvalue weighted by Crippen LogP contribution is 2.40. The van der Waals surface area contributed by atoms with E-state index in [1.54, 1.807) is 39.0 Å². The number of carbonyl (C=O) groups is 3. The molecule has 2 heterocycles. The molecule has 43 heavy (non-hydrogen) atoms. The van der Waals surface area contributed by atoms with E-state index in [4.69, 9.17) is 33.2 Å². The van der Waals surface area contributed by atoms with Gasteiger partial charge in [0.25, 0.3) is 11.8 Å². The van der Waals surface area contributed by atoms with Gasteiger partial charge in [-0.05, 0) is 37.1 Å². The molecule has 0 radical (unpaired) electrons. The van der Waals surface area contributed by atoms with Crippen molar-refractivity contribution in [2.24, 2.45) is 0 Å². The van der Waals surface area contributed by atoms with Gasteiger partial charge in [-0.2, -0.15) is 0 Å². The minimum absolute atomic E-state index is 0.0927. The molecule has 2 fully saturated rings. The molecular formula is C30H39N3O10. The summed E-state index contributed by atoms with van der Waals surface area (Å²) in [5, 5.41) is 0. The van der Waals surface area contributed by atoms with Gasteiger partial charge < -0.3 is 47.9 Å². The number of methoxy groups -OCH3 is 6. The molecule has 2 aromatic rings. The van der Waals surface area contributed by atoms with Crippen LogP contribution in [0.15, 0.2) is 24.3 Å². The number of nitrogens with zero attached hydrogens (tertiary/aromatic N) is 3. The first-order chi connectivity index (χ1) is 20.8. The van der Waals surface area contributed by atoms with Crippen molar-refractivity contribution in [3.63, 3.8) is 0 Å². The minimum Gasteiger partial charge on any atom is -0.493 e. The Bertz CT molecular complexity index is 1280. The molecule has 2 aliphatic heterocycles. The molecule has 0 saturated carbocycles. The van der Waals surface area contributed by atoms with E-state index in [1.165, 1.54) is 42.7 Å². The van der Waals surface area contributed by atoms with Crippen molar-refractivity contribution in [2.45, 2.75) is 18.9 Å². The van der Waals surface area contributed by atoms with Gasteiger partial charge in [-0.25, -0.2) is 4.79 Å². The third kappa shape index (κ3) is 6.60. The number of hydrogen-bond donors (Lipinski definition) is 0. The first-order valence-electron chi connectivity index (χ1n) is 13.9. The number of amides is 3. The number of likely N-dealkylation sites (tertiary alicyclic amines) is 1. The van der Waals surface area contributed by atoms with Gasteiger partial charge in [0.1, 0.15) is 6.61 Å². The predicted molar refractivity (Wildman–Crippen MR) is 155 cm³/mol. The Morgan fingerprint density at radius 3 is 1.53 bits per heavy atom. The van der Waals surface area contributed by atoms with Crippen LogP contribution in [0.25, 0.3) is 0 Å². The lowest BCUT2D eigenvalue weighted by Crippen LogP contribution is -2.58. The van der Waals surface area contributed by atoms with Crippen molar-refractivity contribution < 1.29 is 47.5 Å². The molecule has 2 aliphatic rings. The van der Waals surface area contributed by atoms with E-state index in [2.05, 4.69) is 0 Å². The predicted octanol–water partition coefficient (Wildman–Crippen LogP) is 2.94. The van der Waals surface area contributed by atoms with Crippen LogP contribution in [0, 0.1) is 0 Å². The Kier molecular flexibility index (Phi) is 10.3. The highest BCUT2D eigenvalue weighted by molar-refractivity contribution is 5.97. The van der Waals surface area contributed by atoms with Crippen molar-refractivity contribution in [3.8, 4) is 34.5 Å². The zero-order valence-electron chi connectivity index (χ0n) is 25.5. The van der Waals surface area contributed by atoms with Crippen molar-refractivity contribution in [2.75, 3.05) is 82.0 Å². The van der Waals surface area contributed by atoms with Crippen LogP contribution in [-0.4, -0.2) is 121 Å². The summed E-state index contributed by atoms with van der Waals surface area (Å²) in [5.74, 6) is 1.45. The van der Waals surface area contributed by atoms with Gasteiger partial charge in [-0.3, -0.25) is 9.59 Å². The maximum absolute atomic E-state index is 13.9. The molecule has 234 valence electrons. The SMILES string of the molecule is COc1cc(C(=O)N2CCN(C(=O)c3cc(OC)c(OC)c(OC)c3)[C@@H](COC(=O)N3CCCC3)C2)cc(OC)c1OC. The van der Waals surface area contributed by atoms with Crippen molar-refractivity contribution >= 4 is 17.9 Å². The first-order valence-corrected chi connectivity index (χ1v) is 13.9. The van der Waals surface area contributed by atoms with Crippen LogP contribution in [0.2, 0.25) is 0 Å². The van der Waals surface area contributed by atoms with Gasteiger partial charge in [-0.1, -0.05) is 0 Å². The van der Waals surface area contributed by atoms with Crippen LogP contribution in [0.3, 0.4) is 0 Å². The van der Waals surface area contributed by atoms with Gasteiger partial charge in [-0.15, -0.1) is 0 Å². The summed E-state index contributed by atoms with van der Waals surface area (Å²) in [4.78, 5) is 45.2. The minimum atomic E-state index is -0.627. The molecule has 1 atom stereocenters. The summed E-state index contributed by atoms with van der Waals surface area (Å²) in [5.41, 5.74) is 0.626. The molecule has 13 nitrogen and oxygen atoms in total. The second kappa shape index (κ2) is 14.1. The van der Waals surface area contributed by atoms with Gasteiger partial charge in [0.2, 0.25) is 11.5 Å². The van der Waals surface area contributed by atoms with E-state index in [0.717, 1.165) is 12.8 Å². The Morgan fingerprint density at radius 1 is 0.628 bits per heavy atom. The second-order valence-electron chi connectivity index (χ2n) is 10.0. The third-order valence-electron chi connectivity index (χ3n) is 7.62.